The Labute approximate surface area is 199 Å². The molecule has 1 atom stereocenters. The molecule has 8 heteroatoms. The van der Waals surface area contributed by atoms with E-state index in [-0.39, 0.29) is 25.2 Å². The summed E-state index contributed by atoms with van der Waals surface area (Å²) >= 11 is 0. The summed E-state index contributed by atoms with van der Waals surface area (Å²) in [6.45, 7) is 0.717. The molecule has 0 saturated carbocycles. The molecule has 2 aromatic carbocycles. The average Bonchev–Trinajstić information content (AvgIpc) is 2.90. The monoisotopic (exact) mass is 464 g/mol. The normalized spacial score (nSPS) is 14.7. The standard InChI is InChI=1S/C26H28N2O6/c1-30-19-6-8-20(9-7-19)33-16-23-22-14-25(32-3)24(31-2)13-18(22)10-12-28(23)26(29)17-34-21-5-4-11-27-15-21/h4-9,11,13-15,23H,10,12,16-17H2,1-3H3. The number of methoxy groups -OCH3 is 3. The van der Waals surface area contributed by atoms with Crippen molar-refractivity contribution in [1.82, 2.24) is 9.88 Å². The molecule has 0 aliphatic carbocycles. The first-order chi connectivity index (χ1) is 16.6. The van der Waals surface area contributed by atoms with Gasteiger partial charge < -0.3 is 28.6 Å². The van der Waals surface area contributed by atoms with Crippen LogP contribution in [0.3, 0.4) is 0 Å². The highest BCUT2D eigenvalue weighted by atomic mass is 16.5. The van der Waals surface area contributed by atoms with Gasteiger partial charge in [0.1, 0.15) is 23.9 Å². The van der Waals surface area contributed by atoms with Gasteiger partial charge in [0, 0.05) is 12.7 Å². The zero-order valence-corrected chi connectivity index (χ0v) is 19.5. The largest absolute Gasteiger partial charge is 0.497 e. The van der Waals surface area contributed by atoms with Crippen LogP contribution in [-0.2, 0) is 11.2 Å². The molecule has 0 radical (unpaired) electrons. The fraction of sp³-hybridized carbons (Fsp3) is 0.308. The molecule has 1 unspecified atom stereocenters. The smallest absolute Gasteiger partial charge is 0.261 e. The number of carbonyl (C=O) groups is 1. The molecule has 178 valence electrons. The molecule has 34 heavy (non-hydrogen) atoms. The lowest BCUT2D eigenvalue weighted by atomic mass is 9.92. The lowest BCUT2D eigenvalue weighted by Gasteiger charge is -2.37. The summed E-state index contributed by atoms with van der Waals surface area (Å²) < 4.78 is 28.0. The topological polar surface area (TPSA) is 79.4 Å². The van der Waals surface area contributed by atoms with E-state index in [0.29, 0.717) is 36.0 Å². The van der Waals surface area contributed by atoms with Gasteiger partial charge in [-0.15, -0.1) is 0 Å². The number of amides is 1. The van der Waals surface area contributed by atoms with Gasteiger partial charge >= 0.3 is 0 Å². The Balaban J connectivity index is 1.58. The van der Waals surface area contributed by atoms with E-state index in [4.69, 9.17) is 23.7 Å². The molecule has 1 aliphatic rings. The van der Waals surface area contributed by atoms with Gasteiger partial charge in [-0.05, 0) is 66.1 Å². The Morgan fingerprint density at radius 1 is 0.941 bits per heavy atom. The summed E-state index contributed by atoms with van der Waals surface area (Å²) in [7, 11) is 4.83. The molecule has 0 N–H and O–H groups in total. The number of fused-ring (bicyclic) bond motifs is 1. The highest BCUT2D eigenvalue weighted by molar-refractivity contribution is 5.79. The van der Waals surface area contributed by atoms with Crippen molar-refractivity contribution in [3.05, 3.63) is 72.1 Å². The van der Waals surface area contributed by atoms with Crippen LogP contribution in [0.2, 0.25) is 0 Å². The molecule has 4 rings (SSSR count). The summed E-state index contributed by atoms with van der Waals surface area (Å²) in [4.78, 5) is 19.0. The molecule has 0 bridgehead atoms. The van der Waals surface area contributed by atoms with Crippen molar-refractivity contribution < 1.29 is 28.5 Å². The van der Waals surface area contributed by atoms with Gasteiger partial charge in [0.25, 0.3) is 5.91 Å². The summed E-state index contributed by atoms with van der Waals surface area (Å²) in [5.74, 6) is 3.12. The molecule has 1 aliphatic heterocycles. The van der Waals surface area contributed by atoms with Crippen molar-refractivity contribution >= 4 is 5.91 Å². The number of rotatable bonds is 9. The Kier molecular flexibility index (Phi) is 7.37. The Morgan fingerprint density at radius 2 is 1.68 bits per heavy atom. The van der Waals surface area contributed by atoms with E-state index in [2.05, 4.69) is 4.98 Å². The molecular formula is C26H28N2O6. The fourth-order valence-corrected chi connectivity index (χ4v) is 4.01. The van der Waals surface area contributed by atoms with Gasteiger partial charge in [-0.3, -0.25) is 9.78 Å². The van der Waals surface area contributed by atoms with Crippen molar-refractivity contribution in [3.63, 3.8) is 0 Å². The fourth-order valence-electron chi connectivity index (χ4n) is 4.01. The van der Waals surface area contributed by atoms with Gasteiger partial charge in [0.05, 0.1) is 33.6 Å². The van der Waals surface area contributed by atoms with Crippen molar-refractivity contribution in [1.29, 1.82) is 0 Å². The first-order valence-corrected chi connectivity index (χ1v) is 11.0. The number of benzene rings is 2. The third kappa shape index (κ3) is 5.17. The second-order valence-electron chi connectivity index (χ2n) is 7.72. The van der Waals surface area contributed by atoms with Gasteiger partial charge in [-0.1, -0.05) is 0 Å². The highest BCUT2D eigenvalue weighted by Gasteiger charge is 2.33. The van der Waals surface area contributed by atoms with Crippen LogP contribution >= 0.6 is 0 Å². The zero-order valence-electron chi connectivity index (χ0n) is 19.5. The van der Waals surface area contributed by atoms with Gasteiger partial charge in [0.2, 0.25) is 0 Å². The van der Waals surface area contributed by atoms with E-state index in [0.717, 1.165) is 16.9 Å². The average molecular weight is 465 g/mol. The van der Waals surface area contributed by atoms with E-state index in [1.54, 1.807) is 50.8 Å². The van der Waals surface area contributed by atoms with E-state index >= 15 is 0 Å². The van der Waals surface area contributed by atoms with Gasteiger partial charge in [-0.25, -0.2) is 0 Å². The SMILES string of the molecule is COc1ccc(OCC2c3cc(OC)c(OC)cc3CCN2C(=O)COc2cccnc2)cc1. The summed E-state index contributed by atoms with van der Waals surface area (Å²) in [6.07, 6.45) is 3.93. The Hall–Kier alpha value is -3.94. The lowest BCUT2D eigenvalue weighted by molar-refractivity contribution is -0.137. The van der Waals surface area contributed by atoms with Crippen molar-refractivity contribution in [2.24, 2.45) is 0 Å². The van der Waals surface area contributed by atoms with E-state index in [1.165, 1.54) is 0 Å². The second kappa shape index (κ2) is 10.8. The van der Waals surface area contributed by atoms with Crippen LogP contribution in [0.15, 0.2) is 60.9 Å². The van der Waals surface area contributed by atoms with Crippen LogP contribution < -0.4 is 23.7 Å². The number of pyridine rings is 1. The molecular weight excluding hydrogens is 436 g/mol. The molecule has 8 nitrogen and oxygen atoms in total. The van der Waals surface area contributed by atoms with E-state index < -0.39 is 0 Å². The molecule has 0 fully saturated rings. The number of ether oxygens (including phenoxy) is 5. The molecule has 1 aromatic heterocycles. The zero-order chi connectivity index (χ0) is 23.9. The maximum Gasteiger partial charge on any atom is 0.261 e. The summed E-state index contributed by atoms with van der Waals surface area (Å²) in [6, 6.07) is 14.5. The molecule has 0 saturated heterocycles. The van der Waals surface area contributed by atoms with Crippen LogP contribution in [0.4, 0.5) is 0 Å². The van der Waals surface area contributed by atoms with Crippen LogP contribution in [0.25, 0.3) is 0 Å². The Morgan fingerprint density at radius 3 is 2.35 bits per heavy atom. The molecule has 3 aromatic rings. The number of hydrogen-bond acceptors (Lipinski definition) is 7. The molecule has 1 amide bonds. The number of carbonyl (C=O) groups excluding carboxylic acids is 1. The van der Waals surface area contributed by atoms with E-state index in [9.17, 15) is 4.79 Å². The predicted octanol–water partition coefficient (Wildman–Crippen LogP) is 3.69. The van der Waals surface area contributed by atoms with Crippen LogP contribution in [0.1, 0.15) is 17.2 Å². The Bertz CT molecular complexity index is 1100. The van der Waals surface area contributed by atoms with Crippen LogP contribution in [-0.4, -0.2) is 56.9 Å². The highest BCUT2D eigenvalue weighted by Crippen LogP contribution is 2.38. The number of nitrogens with zero attached hydrogens (tertiary/aromatic N) is 2. The maximum absolute atomic E-state index is 13.2. The van der Waals surface area contributed by atoms with E-state index in [1.807, 2.05) is 36.4 Å². The van der Waals surface area contributed by atoms with Crippen molar-refractivity contribution in [3.8, 4) is 28.7 Å². The number of aromatic nitrogens is 1. The second-order valence-corrected chi connectivity index (χ2v) is 7.72. The lowest BCUT2D eigenvalue weighted by Crippen LogP contribution is -2.44. The van der Waals surface area contributed by atoms with Gasteiger partial charge in [-0.2, -0.15) is 0 Å². The minimum Gasteiger partial charge on any atom is -0.497 e. The number of hydrogen-bond donors (Lipinski definition) is 0. The van der Waals surface area contributed by atoms with Crippen molar-refractivity contribution in [2.75, 3.05) is 41.1 Å². The minimum atomic E-state index is -0.323. The van der Waals surface area contributed by atoms with Crippen LogP contribution in [0.5, 0.6) is 28.7 Å². The molecule has 2 heterocycles. The summed E-state index contributed by atoms with van der Waals surface area (Å²) in [5.41, 5.74) is 2.06. The molecule has 0 spiro atoms. The predicted molar refractivity (Wildman–Crippen MR) is 126 cm³/mol. The van der Waals surface area contributed by atoms with Crippen LogP contribution in [0, 0.1) is 0 Å². The van der Waals surface area contributed by atoms with Gasteiger partial charge in [0.15, 0.2) is 18.1 Å². The first-order valence-electron chi connectivity index (χ1n) is 11.0. The quantitative estimate of drug-likeness (QED) is 0.478. The third-order valence-corrected chi connectivity index (χ3v) is 5.79. The van der Waals surface area contributed by atoms with Crippen molar-refractivity contribution in [2.45, 2.75) is 12.5 Å². The minimum absolute atomic E-state index is 0.0899. The third-order valence-electron chi connectivity index (χ3n) is 5.79. The first kappa shape index (κ1) is 23.2. The maximum atomic E-state index is 13.2. The summed E-state index contributed by atoms with van der Waals surface area (Å²) in [5, 5.41) is 0.